The predicted octanol–water partition coefficient (Wildman–Crippen LogP) is 16.4. The average molecular weight is 1060 g/mol. The van der Waals surface area contributed by atoms with Crippen LogP contribution in [0.15, 0.2) is 0 Å². The Balaban J connectivity index is -0.000000117. The second-order valence-corrected chi connectivity index (χ2v) is 19.6. The van der Waals surface area contributed by atoms with Crippen molar-refractivity contribution in [1.82, 2.24) is 0 Å². The fourth-order valence-electron chi connectivity index (χ4n) is 7.40. The molecule has 0 atom stereocenters. The fraction of sp³-hybridized carbons (Fsp3) is 0.900. The predicted molar refractivity (Wildman–Crippen MR) is 303 cm³/mol. The maximum Gasteiger partial charge on any atom is 1.00 e. The van der Waals surface area contributed by atoms with E-state index in [0.29, 0.717) is 38.5 Å². The van der Waals surface area contributed by atoms with Gasteiger partial charge in [0.05, 0.1) is 0 Å². The molecule has 0 rings (SSSR count). The summed E-state index contributed by atoms with van der Waals surface area (Å²) in [6, 6.07) is 0. The minimum Gasteiger partial charge on any atom is -1.00 e. The summed E-state index contributed by atoms with van der Waals surface area (Å²) in [4.78, 5) is 60.8. The molecule has 0 aliphatic heterocycles. The molecule has 0 aliphatic carbocycles. The van der Waals surface area contributed by atoms with Crippen LogP contribution in [0.25, 0.3) is 0 Å². The summed E-state index contributed by atoms with van der Waals surface area (Å²) in [5.41, 5.74) is 0. The van der Waals surface area contributed by atoms with Crippen LogP contribution in [0.5, 0.6) is 0 Å². The van der Waals surface area contributed by atoms with E-state index in [2.05, 4.69) is 41.5 Å². The molecule has 0 aromatic carbocycles. The summed E-state index contributed by atoms with van der Waals surface area (Å²) >= 11 is 0. The van der Waals surface area contributed by atoms with Crippen molar-refractivity contribution in [1.29, 1.82) is 0 Å². The fourth-order valence-corrected chi connectivity index (χ4v) is 7.40. The van der Waals surface area contributed by atoms with Gasteiger partial charge in [-0.1, -0.05) is 273 Å². The first-order valence-electron chi connectivity index (χ1n) is 29.9. The summed E-state index contributed by atoms with van der Waals surface area (Å²) in [5.74, 6) is -3.98. The zero-order chi connectivity index (χ0) is 55.4. The van der Waals surface area contributed by atoms with Gasteiger partial charge in [-0.05, 0) is 38.5 Å². The zero-order valence-electron chi connectivity index (χ0n) is 50.1. The van der Waals surface area contributed by atoms with Crippen LogP contribution in [0.3, 0.4) is 0 Å². The summed E-state index contributed by atoms with van der Waals surface area (Å²) in [6.45, 7) is 13.2. The van der Waals surface area contributed by atoms with Crippen LogP contribution in [0.4, 0.5) is 0 Å². The standard InChI is InChI=1S/6C10H20O2.Na.H/c6*1-2-3-4-5-6-7-8-9-10(11)12;;/h6*2-9H2,1H3,(H,11,12);;/q;;;;;;+1;-1. The van der Waals surface area contributed by atoms with E-state index >= 15 is 0 Å². The van der Waals surface area contributed by atoms with Crippen LogP contribution < -0.4 is 29.6 Å². The molecule has 0 bridgehead atoms. The molecule has 0 amide bonds. The van der Waals surface area contributed by atoms with Crippen molar-refractivity contribution in [3.8, 4) is 0 Å². The number of carboxylic acid groups (broad SMARTS) is 6. The summed E-state index contributed by atoms with van der Waals surface area (Å²) < 4.78 is 0. The van der Waals surface area contributed by atoms with Crippen molar-refractivity contribution in [2.45, 2.75) is 350 Å². The minimum atomic E-state index is -0.663. The normalized spacial score (nSPS) is 9.95. The number of hydrogen-bond donors (Lipinski definition) is 6. The van der Waals surface area contributed by atoms with Crippen LogP contribution >= 0.6 is 0 Å². The van der Waals surface area contributed by atoms with Crippen LogP contribution in [0.2, 0.25) is 0 Å². The first-order valence-corrected chi connectivity index (χ1v) is 29.9. The van der Waals surface area contributed by atoms with E-state index in [0.717, 1.165) is 77.0 Å². The minimum absolute atomic E-state index is 0. The molecule has 12 nitrogen and oxygen atoms in total. The Bertz CT molecular complexity index is 895. The zero-order valence-corrected chi connectivity index (χ0v) is 51.1. The van der Waals surface area contributed by atoms with Crippen LogP contribution in [-0.4, -0.2) is 66.5 Å². The van der Waals surface area contributed by atoms with E-state index in [9.17, 15) is 28.8 Å². The number of aliphatic carboxylic acids is 6. The Kier molecular flexibility index (Phi) is 94.3. The largest absolute Gasteiger partial charge is 1.00 e. The third kappa shape index (κ3) is 120. The van der Waals surface area contributed by atoms with Gasteiger partial charge < -0.3 is 32.1 Å². The Morgan fingerprint density at radius 2 is 0.274 bits per heavy atom. The molecule has 0 fully saturated rings. The van der Waals surface area contributed by atoms with E-state index in [-0.39, 0.29) is 31.0 Å². The van der Waals surface area contributed by atoms with Crippen LogP contribution in [0, 0.1) is 0 Å². The average Bonchev–Trinajstić information content (AvgIpc) is 3.33. The first kappa shape index (κ1) is 84.8. The maximum absolute atomic E-state index is 10.1. The van der Waals surface area contributed by atoms with Gasteiger partial charge >= 0.3 is 65.4 Å². The molecular formula is C60H121NaO12. The third-order valence-corrected chi connectivity index (χ3v) is 12.0. The molecule has 0 unspecified atom stereocenters. The Morgan fingerprint density at radius 3 is 0.356 bits per heavy atom. The molecule has 6 N–H and O–H groups in total. The number of rotatable bonds is 48. The third-order valence-electron chi connectivity index (χ3n) is 12.0. The Morgan fingerprint density at radius 1 is 0.192 bits per heavy atom. The van der Waals surface area contributed by atoms with Crippen LogP contribution in [-0.2, 0) is 28.8 Å². The molecule has 0 aliphatic rings. The van der Waals surface area contributed by atoms with E-state index < -0.39 is 35.8 Å². The first-order chi connectivity index (χ1) is 34.6. The van der Waals surface area contributed by atoms with Gasteiger partial charge in [-0.3, -0.25) is 28.8 Å². The monoisotopic (exact) mass is 1060 g/mol. The van der Waals surface area contributed by atoms with Crippen molar-refractivity contribution in [2.75, 3.05) is 0 Å². The molecule has 0 aromatic heterocycles. The van der Waals surface area contributed by atoms with E-state index in [1.807, 2.05) is 0 Å². The van der Waals surface area contributed by atoms with Crippen molar-refractivity contribution >= 4 is 35.8 Å². The molecule has 434 valence electrons. The summed E-state index contributed by atoms with van der Waals surface area (Å²) in [7, 11) is 0. The Labute approximate surface area is 473 Å². The smallest absolute Gasteiger partial charge is 1.00 e. The second kappa shape index (κ2) is 81.2. The van der Waals surface area contributed by atoms with E-state index in [1.54, 1.807) is 0 Å². The van der Waals surface area contributed by atoms with Crippen LogP contribution in [0.1, 0.15) is 351 Å². The molecule has 0 saturated carbocycles. The Hall–Kier alpha value is -2.18. The quantitative estimate of drug-likeness (QED) is 0.0247. The number of hydrogen-bond acceptors (Lipinski definition) is 6. The van der Waals surface area contributed by atoms with Crippen molar-refractivity contribution in [3.63, 3.8) is 0 Å². The van der Waals surface area contributed by atoms with Gasteiger partial charge in [0.15, 0.2) is 0 Å². The van der Waals surface area contributed by atoms with Gasteiger partial charge in [0.25, 0.3) is 0 Å². The molecule has 73 heavy (non-hydrogen) atoms. The molecule has 0 spiro atoms. The van der Waals surface area contributed by atoms with E-state index in [4.69, 9.17) is 30.6 Å². The van der Waals surface area contributed by atoms with Gasteiger partial charge in [0, 0.05) is 38.5 Å². The van der Waals surface area contributed by atoms with Gasteiger partial charge in [-0.15, -0.1) is 0 Å². The summed E-state index contributed by atoms with van der Waals surface area (Å²) in [6.07, 6.45) is 51.9. The SMILES string of the molecule is CCCCCCCCCC(=O)O.CCCCCCCCCC(=O)O.CCCCCCCCCC(=O)O.CCCCCCCCCC(=O)O.CCCCCCCCCC(=O)O.CCCCCCCCCC(=O)O.[H-].[Na+]. The van der Waals surface area contributed by atoms with Crippen molar-refractivity contribution in [3.05, 3.63) is 0 Å². The maximum atomic E-state index is 10.1. The number of carboxylic acids is 6. The molecule has 13 heteroatoms. The van der Waals surface area contributed by atoms with E-state index in [1.165, 1.54) is 193 Å². The molecule has 0 aromatic rings. The van der Waals surface area contributed by atoms with Gasteiger partial charge in [0.2, 0.25) is 0 Å². The van der Waals surface area contributed by atoms with Crippen molar-refractivity contribution < 1.29 is 90.4 Å². The van der Waals surface area contributed by atoms with Gasteiger partial charge in [-0.25, -0.2) is 0 Å². The van der Waals surface area contributed by atoms with Crippen molar-refractivity contribution in [2.24, 2.45) is 0 Å². The number of carbonyl (C=O) groups is 6. The van der Waals surface area contributed by atoms with Gasteiger partial charge in [-0.2, -0.15) is 0 Å². The molecule has 0 saturated heterocycles. The molecule has 0 radical (unpaired) electrons. The second-order valence-electron chi connectivity index (χ2n) is 19.6. The molecular weight excluding hydrogens is 936 g/mol. The molecule has 0 heterocycles. The summed E-state index contributed by atoms with van der Waals surface area (Å²) in [5, 5.41) is 50.1. The van der Waals surface area contributed by atoms with Gasteiger partial charge in [0.1, 0.15) is 0 Å². The topological polar surface area (TPSA) is 224 Å². The number of unbranched alkanes of at least 4 members (excludes halogenated alkanes) is 36.